The van der Waals surface area contributed by atoms with Crippen molar-refractivity contribution in [2.24, 2.45) is 0 Å². The van der Waals surface area contributed by atoms with Gasteiger partial charge in [0.1, 0.15) is 10.0 Å². The van der Waals surface area contributed by atoms with Gasteiger partial charge in [0.2, 0.25) is 0 Å². The molecule has 1 N–H and O–H groups in total. The van der Waals surface area contributed by atoms with Gasteiger partial charge in [-0.1, -0.05) is 35.1 Å². The lowest BCUT2D eigenvalue weighted by atomic mass is 10.2. The van der Waals surface area contributed by atoms with Crippen LogP contribution in [0.2, 0.25) is 5.02 Å². The van der Waals surface area contributed by atoms with Crippen LogP contribution in [-0.2, 0) is 11.2 Å². The van der Waals surface area contributed by atoms with Gasteiger partial charge >= 0.3 is 0 Å². The molecule has 0 aliphatic rings. The van der Waals surface area contributed by atoms with Gasteiger partial charge in [0.15, 0.2) is 0 Å². The molecule has 2 rings (SSSR count). The van der Waals surface area contributed by atoms with Gasteiger partial charge in [-0.15, -0.1) is 10.2 Å². The molecule has 0 aliphatic heterocycles. The predicted octanol–water partition coefficient (Wildman–Crippen LogP) is 2.64. The van der Waals surface area contributed by atoms with Crippen LogP contribution in [0.3, 0.4) is 0 Å². The van der Waals surface area contributed by atoms with E-state index in [1.54, 1.807) is 18.4 Å². The second-order valence-corrected chi connectivity index (χ2v) is 5.50. The summed E-state index contributed by atoms with van der Waals surface area (Å²) < 4.78 is 4.97. The van der Waals surface area contributed by atoms with Gasteiger partial charge in [0, 0.05) is 37.2 Å². The van der Waals surface area contributed by atoms with Crippen LogP contribution >= 0.6 is 22.9 Å². The summed E-state index contributed by atoms with van der Waals surface area (Å²) >= 11 is 7.57. The summed E-state index contributed by atoms with van der Waals surface area (Å²) in [4.78, 5) is 0. The minimum Gasteiger partial charge on any atom is -0.383 e. The van der Waals surface area contributed by atoms with Crippen molar-refractivity contribution in [1.82, 2.24) is 15.5 Å². The summed E-state index contributed by atoms with van der Waals surface area (Å²) in [6, 6.07) is 7.67. The standard InChI is InChI=1S/C13H16ClN3OS/c1-18-8-7-15-6-5-12-16-17-13(19-12)10-3-2-4-11(14)9-10/h2-4,9,15H,5-8H2,1H3. The van der Waals surface area contributed by atoms with Crippen molar-refractivity contribution in [2.45, 2.75) is 6.42 Å². The zero-order chi connectivity index (χ0) is 13.5. The van der Waals surface area contributed by atoms with E-state index >= 15 is 0 Å². The van der Waals surface area contributed by atoms with Crippen LogP contribution in [-0.4, -0.2) is 37.0 Å². The molecule has 1 heterocycles. The number of hydrogen-bond donors (Lipinski definition) is 1. The molecule has 0 bridgehead atoms. The highest BCUT2D eigenvalue weighted by Crippen LogP contribution is 2.25. The van der Waals surface area contributed by atoms with Crippen molar-refractivity contribution in [3.8, 4) is 10.6 Å². The molecule has 0 saturated carbocycles. The Bertz CT molecular complexity index is 518. The molecule has 19 heavy (non-hydrogen) atoms. The van der Waals surface area contributed by atoms with Crippen molar-refractivity contribution in [1.29, 1.82) is 0 Å². The maximum Gasteiger partial charge on any atom is 0.147 e. The van der Waals surface area contributed by atoms with E-state index in [1.165, 1.54) is 0 Å². The van der Waals surface area contributed by atoms with E-state index in [0.717, 1.165) is 46.7 Å². The zero-order valence-corrected chi connectivity index (χ0v) is 12.3. The third-order valence-electron chi connectivity index (χ3n) is 2.54. The Kier molecular flexibility index (Phi) is 5.72. The van der Waals surface area contributed by atoms with E-state index in [2.05, 4.69) is 15.5 Å². The van der Waals surface area contributed by atoms with Crippen molar-refractivity contribution in [2.75, 3.05) is 26.8 Å². The van der Waals surface area contributed by atoms with E-state index in [-0.39, 0.29) is 0 Å². The number of benzene rings is 1. The van der Waals surface area contributed by atoms with Crippen LogP contribution in [0.5, 0.6) is 0 Å². The first-order valence-electron chi connectivity index (χ1n) is 6.07. The predicted molar refractivity (Wildman–Crippen MR) is 78.8 cm³/mol. The van der Waals surface area contributed by atoms with Crippen molar-refractivity contribution in [3.63, 3.8) is 0 Å². The largest absolute Gasteiger partial charge is 0.383 e. The molecular weight excluding hydrogens is 282 g/mol. The molecular formula is C13H16ClN3OS. The quantitative estimate of drug-likeness (QED) is 0.798. The second kappa shape index (κ2) is 7.55. The molecule has 1 aromatic carbocycles. The molecule has 0 fully saturated rings. The summed E-state index contributed by atoms with van der Waals surface area (Å²) in [6.07, 6.45) is 0.877. The molecule has 1 aromatic heterocycles. The highest BCUT2D eigenvalue weighted by molar-refractivity contribution is 7.14. The molecule has 0 spiro atoms. The van der Waals surface area contributed by atoms with Crippen LogP contribution in [0.25, 0.3) is 10.6 Å². The monoisotopic (exact) mass is 297 g/mol. The molecule has 0 unspecified atom stereocenters. The van der Waals surface area contributed by atoms with E-state index < -0.39 is 0 Å². The Morgan fingerprint density at radius 2 is 2.21 bits per heavy atom. The van der Waals surface area contributed by atoms with Gasteiger partial charge in [-0.3, -0.25) is 0 Å². The van der Waals surface area contributed by atoms with Gasteiger partial charge in [0.05, 0.1) is 6.61 Å². The fraction of sp³-hybridized carbons (Fsp3) is 0.385. The average molecular weight is 298 g/mol. The summed E-state index contributed by atoms with van der Waals surface area (Å²) in [5, 5.41) is 14.3. The topological polar surface area (TPSA) is 47.0 Å². The highest BCUT2D eigenvalue weighted by atomic mass is 35.5. The lowest BCUT2D eigenvalue weighted by Crippen LogP contribution is -2.21. The van der Waals surface area contributed by atoms with Gasteiger partial charge in [-0.2, -0.15) is 0 Å². The molecule has 4 nitrogen and oxygen atoms in total. The number of aromatic nitrogens is 2. The van der Waals surface area contributed by atoms with Crippen LogP contribution in [0.4, 0.5) is 0 Å². The Balaban J connectivity index is 1.88. The first-order valence-corrected chi connectivity index (χ1v) is 7.27. The lowest BCUT2D eigenvalue weighted by Gasteiger charge is -2.00. The molecule has 102 valence electrons. The smallest absolute Gasteiger partial charge is 0.147 e. The van der Waals surface area contributed by atoms with Crippen LogP contribution in [0.15, 0.2) is 24.3 Å². The highest BCUT2D eigenvalue weighted by Gasteiger charge is 2.06. The Morgan fingerprint density at radius 3 is 3.00 bits per heavy atom. The maximum absolute atomic E-state index is 5.97. The second-order valence-electron chi connectivity index (χ2n) is 4.00. The molecule has 0 atom stereocenters. The number of rotatable bonds is 7. The first kappa shape index (κ1) is 14.4. The molecule has 6 heteroatoms. The van der Waals surface area contributed by atoms with Crippen LogP contribution < -0.4 is 5.32 Å². The van der Waals surface area contributed by atoms with Gasteiger partial charge in [-0.25, -0.2) is 0 Å². The fourth-order valence-electron chi connectivity index (χ4n) is 1.59. The number of nitrogens with zero attached hydrogens (tertiary/aromatic N) is 2. The molecule has 0 saturated heterocycles. The molecule has 0 aliphatic carbocycles. The fourth-order valence-corrected chi connectivity index (χ4v) is 2.61. The average Bonchev–Trinajstić information content (AvgIpc) is 2.87. The number of methoxy groups -OCH3 is 1. The minimum atomic E-state index is 0.718. The Hall–Kier alpha value is -1.01. The first-order chi connectivity index (χ1) is 9.29. The molecule has 0 amide bonds. The number of ether oxygens (including phenoxy) is 1. The van der Waals surface area contributed by atoms with E-state index in [4.69, 9.17) is 16.3 Å². The normalized spacial score (nSPS) is 10.8. The van der Waals surface area contributed by atoms with Crippen LogP contribution in [0.1, 0.15) is 5.01 Å². The summed E-state index contributed by atoms with van der Waals surface area (Å²) in [7, 11) is 1.70. The van der Waals surface area contributed by atoms with Crippen molar-refractivity contribution >= 4 is 22.9 Å². The SMILES string of the molecule is COCCNCCc1nnc(-c2cccc(Cl)c2)s1. The molecule has 2 aromatic rings. The molecule has 0 radical (unpaired) electrons. The summed E-state index contributed by atoms with van der Waals surface area (Å²) in [5.41, 5.74) is 1.02. The number of halogens is 1. The third-order valence-corrected chi connectivity index (χ3v) is 3.80. The van der Waals surface area contributed by atoms with E-state index in [0.29, 0.717) is 0 Å². The Labute approximate surface area is 121 Å². The number of hydrogen-bond acceptors (Lipinski definition) is 5. The Morgan fingerprint density at radius 1 is 1.32 bits per heavy atom. The van der Waals surface area contributed by atoms with E-state index in [9.17, 15) is 0 Å². The number of nitrogens with one attached hydrogen (secondary N) is 1. The van der Waals surface area contributed by atoms with Gasteiger partial charge in [-0.05, 0) is 12.1 Å². The third kappa shape index (κ3) is 4.54. The summed E-state index contributed by atoms with van der Waals surface area (Å²) in [6.45, 7) is 2.47. The van der Waals surface area contributed by atoms with Crippen molar-refractivity contribution in [3.05, 3.63) is 34.3 Å². The minimum absolute atomic E-state index is 0.718. The van der Waals surface area contributed by atoms with Crippen molar-refractivity contribution < 1.29 is 4.74 Å². The summed E-state index contributed by atoms with van der Waals surface area (Å²) in [5.74, 6) is 0. The van der Waals surface area contributed by atoms with Crippen LogP contribution in [0, 0.1) is 0 Å². The van der Waals surface area contributed by atoms with Gasteiger partial charge in [0.25, 0.3) is 0 Å². The van der Waals surface area contributed by atoms with E-state index in [1.807, 2.05) is 24.3 Å². The van der Waals surface area contributed by atoms with Gasteiger partial charge < -0.3 is 10.1 Å². The zero-order valence-electron chi connectivity index (χ0n) is 10.7. The lowest BCUT2D eigenvalue weighted by molar-refractivity contribution is 0.199. The maximum atomic E-state index is 5.97.